The van der Waals surface area contributed by atoms with E-state index >= 15 is 0 Å². The standard InChI is InChI=1S/C4H5F3O3/c5-4(6,7)2(1-8)3(9)10/h2,8H,1H2,(H,9,10)/t2-/m1/s1. The molecule has 0 aromatic carbocycles. The van der Waals surface area contributed by atoms with Crippen molar-refractivity contribution in [3.05, 3.63) is 0 Å². The van der Waals surface area contributed by atoms with Crippen LogP contribution in [-0.4, -0.2) is 29.0 Å². The second kappa shape index (κ2) is 2.87. The Morgan fingerprint density at radius 1 is 1.50 bits per heavy atom. The first kappa shape index (κ1) is 9.22. The molecular weight excluding hydrogens is 153 g/mol. The van der Waals surface area contributed by atoms with Crippen LogP contribution < -0.4 is 0 Å². The molecule has 0 aliphatic heterocycles. The minimum Gasteiger partial charge on any atom is -0.481 e. The summed E-state index contributed by atoms with van der Waals surface area (Å²) in [7, 11) is 0. The van der Waals surface area contributed by atoms with E-state index in [0.29, 0.717) is 0 Å². The highest BCUT2D eigenvalue weighted by molar-refractivity contribution is 5.70. The summed E-state index contributed by atoms with van der Waals surface area (Å²) in [6.07, 6.45) is -4.86. The number of aliphatic carboxylic acids is 1. The fourth-order valence-corrected chi connectivity index (χ4v) is 0.322. The first-order valence-electron chi connectivity index (χ1n) is 2.30. The van der Waals surface area contributed by atoms with Gasteiger partial charge in [0.1, 0.15) is 0 Å². The highest BCUT2D eigenvalue weighted by atomic mass is 19.4. The maximum Gasteiger partial charge on any atom is 0.404 e. The number of aliphatic hydroxyl groups is 1. The summed E-state index contributed by atoms with van der Waals surface area (Å²) >= 11 is 0. The zero-order chi connectivity index (χ0) is 8.36. The minimum atomic E-state index is -4.86. The van der Waals surface area contributed by atoms with Gasteiger partial charge in [-0.25, -0.2) is 0 Å². The molecule has 0 aromatic rings. The van der Waals surface area contributed by atoms with E-state index < -0.39 is 24.7 Å². The lowest BCUT2D eigenvalue weighted by molar-refractivity contribution is -0.199. The number of halogens is 3. The second-order valence-corrected chi connectivity index (χ2v) is 1.62. The number of rotatable bonds is 2. The number of hydrogen-bond acceptors (Lipinski definition) is 2. The van der Waals surface area contributed by atoms with Crippen molar-refractivity contribution in [2.24, 2.45) is 5.92 Å². The summed E-state index contributed by atoms with van der Waals surface area (Å²) in [5.74, 6) is -4.72. The van der Waals surface area contributed by atoms with Crippen molar-refractivity contribution in [3.63, 3.8) is 0 Å². The molecule has 2 N–H and O–H groups in total. The molecule has 0 bridgehead atoms. The van der Waals surface area contributed by atoms with Crippen molar-refractivity contribution >= 4 is 5.97 Å². The third-order valence-electron chi connectivity index (χ3n) is 0.876. The van der Waals surface area contributed by atoms with Crippen molar-refractivity contribution in [3.8, 4) is 0 Å². The zero-order valence-corrected chi connectivity index (χ0v) is 4.72. The van der Waals surface area contributed by atoms with Crippen LogP contribution in [0.5, 0.6) is 0 Å². The molecule has 0 amide bonds. The highest BCUT2D eigenvalue weighted by Crippen LogP contribution is 2.25. The van der Waals surface area contributed by atoms with E-state index in [1.807, 2.05) is 0 Å². The molecule has 60 valence electrons. The average Bonchev–Trinajstić information content (AvgIpc) is 1.60. The quantitative estimate of drug-likeness (QED) is 0.605. The molecule has 0 aromatic heterocycles. The van der Waals surface area contributed by atoms with Gasteiger partial charge in [-0.1, -0.05) is 0 Å². The van der Waals surface area contributed by atoms with E-state index in [1.165, 1.54) is 0 Å². The number of carboxylic acids is 1. The third kappa shape index (κ3) is 2.22. The molecular formula is C4H5F3O3. The lowest BCUT2D eigenvalue weighted by Gasteiger charge is -2.11. The summed E-state index contributed by atoms with van der Waals surface area (Å²) in [4.78, 5) is 9.70. The monoisotopic (exact) mass is 158 g/mol. The molecule has 10 heavy (non-hydrogen) atoms. The zero-order valence-electron chi connectivity index (χ0n) is 4.72. The number of carbonyl (C=O) groups is 1. The van der Waals surface area contributed by atoms with Crippen molar-refractivity contribution in [2.75, 3.05) is 6.61 Å². The molecule has 0 rings (SSSR count). The maximum absolute atomic E-state index is 11.4. The predicted molar refractivity (Wildman–Crippen MR) is 24.3 cm³/mol. The van der Waals surface area contributed by atoms with E-state index in [4.69, 9.17) is 10.2 Å². The van der Waals surface area contributed by atoms with Crippen molar-refractivity contribution < 1.29 is 28.2 Å². The Bertz CT molecular complexity index is 130. The van der Waals surface area contributed by atoms with Crippen LogP contribution >= 0.6 is 0 Å². The molecule has 0 fully saturated rings. The molecule has 0 saturated carbocycles. The van der Waals surface area contributed by atoms with Gasteiger partial charge in [0.2, 0.25) is 0 Å². The SMILES string of the molecule is O=C(O)[C@@H](CO)C(F)(F)F. The molecule has 0 aliphatic carbocycles. The van der Waals surface area contributed by atoms with Crippen molar-refractivity contribution in [1.82, 2.24) is 0 Å². The number of carboxylic acid groups (broad SMARTS) is 1. The third-order valence-corrected chi connectivity index (χ3v) is 0.876. The molecule has 0 spiro atoms. The summed E-state index contributed by atoms with van der Waals surface area (Å²) in [6.45, 7) is -1.42. The average molecular weight is 158 g/mol. The van der Waals surface area contributed by atoms with Gasteiger partial charge in [0.05, 0.1) is 6.61 Å². The van der Waals surface area contributed by atoms with Gasteiger partial charge in [-0.3, -0.25) is 4.79 Å². The van der Waals surface area contributed by atoms with Crippen LogP contribution in [0.4, 0.5) is 13.2 Å². The van der Waals surface area contributed by atoms with Crippen LogP contribution in [0.1, 0.15) is 0 Å². The van der Waals surface area contributed by atoms with E-state index in [9.17, 15) is 18.0 Å². The fourth-order valence-electron chi connectivity index (χ4n) is 0.322. The van der Waals surface area contributed by atoms with E-state index in [1.54, 1.807) is 0 Å². The number of alkyl halides is 3. The van der Waals surface area contributed by atoms with E-state index in [0.717, 1.165) is 0 Å². The van der Waals surface area contributed by atoms with Crippen LogP contribution in [0.25, 0.3) is 0 Å². The lowest BCUT2D eigenvalue weighted by atomic mass is 10.1. The first-order chi connectivity index (χ1) is 4.39. The molecule has 3 nitrogen and oxygen atoms in total. The first-order valence-corrected chi connectivity index (χ1v) is 2.30. The maximum atomic E-state index is 11.4. The summed E-state index contributed by atoms with van der Waals surface area (Å²) in [6, 6.07) is 0. The normalized spacial score (nSPS) is 14.8. The summed E-state index contributed by atoms with van der Waals surface area (Å²) in [5, 5.41) is 15.8. The van der Waals surface area contributed by atoms with Gasteiger partial charge in [-0.05, 0) is 0 Å². The summed E-state index contributed by atoms with van der Waals surface area (Å²) in [5.41, 5.74) is 0. The van der Waals surface area contributed by atoms with E-state index in [-0.39, 0.29) is 0 Å². The highest BCUT2D eigenvalue weighted by Gasteiger charge is 2.44. The van der Waals surface area contributed by atoms with Crippen LogP contribution in [-0.2, 0) is 4.79 Å². The molecule has 0 unspecified atom stereocenters. The van der Waals surface area contributed by atoms with Gasteiger partial charge in [-0.2, -0.15) is 13.2 Å². The molecule has 0 saturated heterocycles. The van der Waals surface area contributed by atoms with Gasteiger partial charge in [0, 0.05) is 0 Å². The molecule has 0 aliphatic rings. The van der Waals surface area contributed by atoms with Gasteiger partial charge in [0.25, 0.3) is 0 Å². The lowest BCUT2D eigenvalue weighted by Crippen LogP contribution is -2.33. The Morgan fingerprint density at radius 2 is 1.90 bits per heavy atom. The van der Waals surface area contributed by atoms with Crippen LogP contribution in [0, 0.1) is 5.92 Å². The second-order valence-electron chi connectivity index (χ2n) is 1.62. The Kier molecular flexibility index (Phi) is 2.65. The van der Waals surface area contributed by atoms with Gasteiger partial charge in [-0.15, -0.1) is 0 Å². The molecule has 0 heterocycles. The van der Waals surface area contributed by atoms with Crippen LogP contribution in [0.2, 0.25) is 0 Å². The van der Waals surface area contributed by atoms with Gasteiger partial charge < -0.3 is 10.2 Å². The Labute approximate surface area is 54.1 Å². The smallest absolute Gasteiger partial charge is 0.404 e. The largest absolute Gasteiger partial charge is 0.481 e. The number of aliphatic hydroxyl groups excluding tert-OH is 1. The fraction of sp³-hybridized carbons (Fsp3) is 0.750. The Balaban J connectivity index is 4.22. The minimum absolute atomic E-state index is 1.42. The Hall–Kier alpha value is -0.780. The molecule has 6 heteroatoms. The predicted octanol–water partition coefficient (Wildman–Crippen LogP) is 0.242. The van der Waals surface area contributed by atoms with E-state index in [2.05, 4.69) is 0 Å². The van der Waals surface area contributed by atoms with Crippen molar-refractivity contribution in [2.45, 2.75) is 6.18 Å². The topological polar surface area (TPSA) is 57.5 Å². The van der Waals surface area contributed by atoms with Crippen molar-refractivity contribution in [1.29, 1.82) is 0 Å². The van der Waals surface area contributed by atoms with Gasteiger partial charge >= 0.3 is 12.1 Å². The summed E-state index contributed by atoms with van der Waals surface area (Å²) < 4.78 is 34.3. The van der Waals surface area contributed by atoms with Gasteiger partial charge in [0.15, 0.2) is 5.92 Å². The van der Waals surface area contributed by atoms with Crippen LogP contribution in [0.15, 0.2) is 0 Å². The molecule has 0 radical (unpaired) electrons. The van der Waals surface area contributed by atoms with Crippen LogP contribution in [0.3, 0.4) is 0 Å². The Morgan fingerprint density at radius 3 is 1.90 bits per heavy atom. The number of hydrogen-bond donors (Lipinski definition) is 2. The molecule has 1 atom stereocenters.